The summed E-state index contributed by atoms with van der Waals surface area (Å²) >= 11 is 1.48. The summed E-state index contributed by atoms with van der Waals surface area (Å²) < 4.78 is 29.7. The number of aliphatic carboxylic acids is 1. The molecule has 1 heterocycles. The summed E-state index contributed by atoms with van der Waals surface area (Å²) in [7, 11) is -3.32. The smallest absolute Gasteiger partial charge is 0.341 e. The third-order valence-electron chi connectivity index (χ3n) is 3.42. The molecule has 0 aliphatic carbocycles. The molecule has 0 aromatic heterocycles. The van der Waals surface area contributed by atoms with Gasteiger partial charge < -0.3 is 9.84 Å². The molecule has 2 aromatic carbocycles. The van der Waals surface area contributed by atoms with Gasteiger partial charge in [-0.05, 0) is 35.9 Å². The first-order valence-corrected chi connectivity index (χ1v) is 9.42. The van der Waals surface area contributed by atoms with Crippen LogP contribution in [0.3, 0.4) is 0 Å². The van der Waals surface area contributed by atoms with Crippen LogP contribution in [0.5, 0.6) is 5.75 Å². The molecular weight excluding hydrogens is 336 g/mol. The number of benzene rings is 2. The fourth-order valence-corrected chi connectivity index (χ4v) is 5.88. The van der Waals surface area contributed by atoms with E-state index in [4.69, 9.17) is 9.84 Å². The van der Waals surface area contributed by atoms with Gasteiger partial charge in [0, 0.05) is 4.90 Å². The maximum Gasteiger partial charge on any atom is 0.341 e. The van der Waals surface area contributed by atoms with Gasteiger partial charge in [-0.1, -0.05) is 18.2 Å². The fourth-order valence-electron chi connectivity index (χ4n) is 2.44. The zero-order valence-electron chi connectivity index (χ0n) is 12.0. The Morgan fingerprint density at radius 1 is 1.22 bits per heavy atom. The van der Waals surface area contributed by atoms with Crippen LogP contribution in [-0.2, 0) is 14.6 Å². The molecule has 0 saturated carbocycles. The van der Waals surface area contributed by atoms with E-state index in [2.05, 4.69) is 0 Å². The van der Waals surface area contributed by atoms with Crippen LogP contribution in [-0.4, -0.2) is 31.9 Å². The van der Waals surface area contributed by atoms with Crippen molar-refractivity contribution < 1.29 is 23.1 Å². The van der Waals surface area contributed by atoms with E-state index in [1.807, 2.05) is 30.3 Å². The summed E-state index contributed by atoms with van der Waals surface area (Å²) in [6.45, 7) is -0.456. The maximum absolute atomic E-state index is 12.3. The Bertz CT molecular complexity index is 831. The Labute approximate surface area is 138 Å². The van der Waals surface area contributed by atoms with Crippen LogP contribution in [0.25, 0.3) is 0 Å². The van der Waals surface area contributed by atoms with Crippen molar-refractivity contribution in [2.24, 2.45) is 0 Å². The largest absolute Gasteiger partial charge is 0.482 e. The second-order valence-electron chi connectivity index (χ2n) is 5.08. The van der Waals surface area contributed by atoms with Crippen molar-refractivity contribution in [3.05, 3.63) is 54.1 Å². The van der Waals surface area contributed by atoms with E-state index in [1.54, 1.807) is 6.07 Å². The van der Waals surface area contributed by atoms with Gasteiger partial charge in [-0.3, -0.25) is 0 Å². The first-order valence-electron chi connectivity index (χ1n) is 6.89. The number of fused-ring (bicyclic) bond motifs is 1. The van der Waals surface area contributed by atoms with Gasteiger partial charge in [-0.2, -0.15) is 0 Å². The Hall–Kier alpha value is -1.99. The molecule has 0 bridgehead atoms. The summed E-state index contributed by atoms with van der Waals surface area (Å²) in [6, 6.07) is 14.2. The van der Waals surface area contributed by atoms with E-state index in [1.165, 1.54) is 23.9 Å². The lowest BCUT2D eigenvalue weighted by molar-refractivity contribution is -0.139. The highest BCUT2D eigenvalue weighted by atomic mass is 32.2. The second kappa shape index (κ2) is 6.25. The van der Waals surface area contributed by atoms with Crippen LogP contribution in [0.1, 0.15) is 10.8 Å². The topological polar surface area (TPSA) is 80.7 Å². The van der Waals surface area contributed by atoms with Gasteiger partial charge in [0.2, 0.25) is 0 Å². The average molecular weight is 350 g/mol. The molecule has 23 heavy (non-hydrogen) atoms. The molecule has 0 saturated heterocycles. The number of rotatable bonds is 5. The lowest BCUT2D eigenvalue weighted by atomic mass is 10.1. The normalized spacial score (nSPS) is 18.3. The molecule has 0 radical (unpaired) electrons. The fraction of sp³-hybridized carbons (Fsp3) is 0.188. The molecule has 5 nitrogen and oxygen atoms in total. The molecule has 1 atom stereocenters. The molecule has 1 aliphatic heterocycles. The third-order valence-corrected chi connectivity index (χ3v) is 6.69. The molecular formula is C16H14O5S2. The Kier molecular flexibility index (Phi) is 4.32. The number of carbonyl (C=O) groups is 1. The van der Waals surface area contributed by atoms with Crippen LogP contribution in [0, 0.1) is 0 Å². The van der Waals surface area contributed by atoms with Crippen LogP contribution in [0.15, 0.2) is 58.3 Å². The number of hydrogen-bond donors (Lipinski definition) is 1. The molecule has 1 aliphatic rings. The SMILES string of the molecule is O=C(O)COc1ccc2c(c1)C(Sc1ccccc1)CS2(=O)=O. The first-order chi connectivity index (χ1) is 11.0. The second-order valence-corrected chi connectivity index (χ2v) is 8.36. The Morgan fingerprint density at radius 3 is 2.65 bits per heavy atom. The highest BCUT2D eigenvalue weighted by Crippen LogP contribution is 2.46. The van der Waals surface area contributed by atoms with Gasteiger partial charge in [0.1, 0.15) is 5.75 Å². The number of sulfone groups is 1. The minimum Gasteiger partial charge on any atom is -0.482 e. The lowest BCUT2D eigenvalue weighted by Crippen LogP contribution is -2.09. The summed E-state index contributed by atoms with van der Waals surface area (Å²) in [4.78, 5) is 11.9. The highest BCUT2D eigenvalue weighted by molar-refractivity contribution is 8.01. The van der Waals surface area contributed by atoms with Gasteiger partial charge in [-0.15, -0.1) is 11.8 Å². The molecule has 0 spiro atoms. The summed E-state index contributed by atoms with van der Waals surface area (Å²) in [5.74, 6) is -0.681. The summed E-state index contributed by atoms with van der Waals surface area (Å²) in [5, 5.41) is 8.44. The zero-order valence-corrected chi connectivity index (χ0v) is 13.6. The van der Waals surface area contributed by atoms with Gasteiger partial charge in [0.05, 0.1) is 15.9 Å². The molecule has 120 valence electrons. The number of carboxylic acids is 1. The van der Waals surface area contributed by atoms with E-state index in [9.17, 15) is 13.2 Å². The van der Waals surface area contributed by atoms with Crippen LogP contribution in [0.2, 0.25) is 0 Å². The van der Waals surface area contributed by atoms with Gasteiger partial charge in [-0.25, -0.2) is 13.2 Å². The van der Waals surface area contributed by atoms with E-state index in [0.717, 1.165) is 4.90 Å². The number of hydrogen-bond acceptors (Lipinski definition) is 5. The van der Waals surface area contributed by atoms with Gasteiger partial charge in [0.15, 0.2) is 16.4 Å². The number of carboxylic acid groups (broad SMARTS) is 1. The van der Waals surface area contributed by atoms with Crippen molar-refractivity contribution in [2.75, 3.05) is 12.4 Å². The third kappa shape index (κ3) is 3.51. The van der Waals surface area contributed by atoms with Crippen molar-refractivity contribution in [2.45, 2.75) is 15.0 Å². The first kappa shape index (κ1) is 15.9. The van der Waals surface area contributed by atoms with Crippen molar-refractivity contribution >= 4 is 27.6 Å². The van der Waals surface area contributed by atoms with E-state index >= 15 is 0 Å². The van der Waals surface area contributed by atoms with Crippen molar-refractivity contribution in [3.8, 4) is 5.75 Å². The molecule has 0 amide bonds. The molecule has 1 unspecified atom stereocenters. The minimum absolute atomic E-state index is 0.0320. The predicted octanol–water partition coefficient (Wildman–Crippen LogP) is 2.77. The molecule has 7 heteroatoms. The molecule has 1 N–H and O–H groups in total. The van der Waals surface area contributed by atoms with Crippen molar-refractivity contribution in [3.63, 3.8) is 0 Å². The quantitative estimate of drug-likeness (QED) is 0.893. The Morgan fingerprint density at radius 2 is 1.96 bits per heavy atom. The standard InChI is InChI=1S/C16H14O5S2/c17-16(18)9-21-11-6-7-15-13(8-11)14(10-23(15,19)20)22-12-4-2-1-3-5-12/h1-8,14H,9-10H2,(H,17,18). The molecule has 2 aromatic rings. The van der Waals surface area contributed by atoms with Crippen molar-refractivity contribution in [1.82, 2.24) is 0 Å². The monoisotopic (exact) mass is 350 g/mol. The predicted molar refractivity (Wildman–Crippen MR) is 86.7 cm³/mol. The van der Waals surface area contributed by atoms with Gasteiger partial charge in [0.25, 0.3) is 0 Å². The van der Waals surface area contributed by atoms with E-state index < -0.39 is 22.4 Å². The Balaban J connectivity index is 1.91. The number of thioether (sulfide) groups is 1. The van der Waals surface area contributed by atoms with Crippen molar-refractivity contribution in [1.29, 1.82) is 0 Å². The zero-order chi connectivity index (χ0) is 16.4. The van der Waals surface area contributed by atoms with Crippen LogP contribution in [0.4, 0.5) is 0 Å². The van der Waals surface area contributed by atoms with E-state index in [-0.39, 0.29) is 11.0 Å². The maximum atomic E-state index is 12.3. The van der Waals surface area contributed by atoms with Crippen LogP contribution >= 0.6 is 11.8 Å². The molecule has 0 fully saturated rings. The van der Waals surface area contributed by atoms with Crippen LogP contribution < -0.4 is 4.74 Å². The van der Waals surface area contributed by atoms with E-state index in [0.29, 0.717) is 16.2 Å². The summed E-state index contributed by atoms with van der Waals surface area (Å²) in [5.41, 5.74) is 0.668. The lowest BCUT2D eigenvalue weighted by Gasteiger charge is -2.11. The minimum atomic E-state index is -3.32. The number of ether oxygens (including phenoxy) is 1. The summed E-state index contributed by atoms with van der Waals surface area (Å²) in [6.07, 6.45) is 0. The highest BCUT2D eigenvalue weighted by Gasteiger charge is 2.35. The average Bonchev–Trinajstić information content (AvgIpc) is 2.77. The van der Waals surface area contributed by atoms with Gasteiger partial charge >= 0.3 is 5.97 Å². The molecule has 3 rings (SSSR count).